The van der Waals surface area contributed by atoms with E-state index in [0.29, 0.717) is 23.1 Å². The molecule has 1 aromatic rings. The van der Waals surface area contributed by atoms with Gasteiger partial charge in [-0.25, -0.2) is 4.98 Å². The van der Waals surface area contributed by atoms with Gasteiger partial charge in [0.1, 0.15) is 11.0 Å². The molecule has 4 heteroatoms. The minimum Gasteiger partial charge on any atom is -0.367 e. The van der Waals surface area contributed by atoms with Gasteiger partial charge >= 0.3 is 0 Å². The van der Waals surface area contributed by atoms with Crippen molar-refractivity contribution in [1.29, 1.82) is 5.26 Å². The molecule has 0 unspecified atom stereocenters. The Balaban J connectivity index is 2.89. The summed E-state index contributed by atoms with van der Waals surface area (Å²) in [6, 6.07) is 5.14. The second-order valence-corrected chi connectivity index (χ2v) is 2.73. The molecule has 0 saturated heterocycles. The van der Waals surface area contributed by atoms with E-state index in [9.17, 15) is 0 Å². The number of pyridine rings is 1. The standard InChI is InChI=1S/C9H8ClN3/c1-2-3-12-9-5-7(6-11)4-8(10)13-9/h2,4-5H,1,3H2,(H,12,13). The molecule has 1 aromatic heterocycles. The summed E-state index contributed by atoms with van der Waals surface area (Å²) in [5, 5.41) is 11.9. The van der Waals surface area contributed by atoms with Crippen molar-refractivity contribution < 1.29 is 0 Å². The Hall–Kier alpha value is -1.53. The number of aromatic nitrogens is 1. The molecule has 0 atom stereocenters. The summed E-state index contributed by atoms with van der Waals surface area (Å²) < 4.78 is 0. The Morgan fingerprint density at radius 2 is 2.46 bits per heavy atom. The van der Waals surface area contributed by atoms with Gasteiger partial charge in [0.05, 0.1) is 11.6 Å². The molecule has 0 radical (unpaired) electrons. The van der Waals surface area contributed by atoms with E-state index >= 15 is 0 Å². The average Bonchev–Trinajstić information content (AvgIpc) is 2.14. The normalized spacial score (nSPS) is 8.92. The van der Waals surface area contributed by atoms with Crippen LogP contribution in [0, 0.1) is 11.3 Å². The summed E-state index contributed by atoms with van der Waals surface area (Å²) in [4.78, 5) is 3.97. The lowest BCUT2D eigenvalue weighted by Gasteiger charge is -2.02. The van der Waals surface area contributed by atoms with Gasteiger partial charge in [0.25, 0.3) is 0 Å². The molecule has 1 heterocycles. The van der Waals surface area contributed by atoms with Crippen molar-refractivity contribution >= 4 is 17.4 Å². The molecule has 0 saturated carbocycles. The SMILES string of the molecule is C=CCNc1cc(C#N)cc(Cl)n1. The molecule has 3 nitrogen and oxygen atoms in total. The van der Waals surface area contributed by atoms with Crippen molar-refractivity contribution in [2.24, 2.45) is 0 Å². The fraction of sp³-hybridized carbons (Fsp3) is 0.111. The van der Waals surface area contributed by atoms with Crippen molar-refractivity contribution in [3.05, 3.63) is 35.5 Å². The van der Waals surface area contributed by atoms with Gasteiger partial charge in [-0.05, 0) is 12.1 Å². The predicted molar refractivity (Wildman–Crippen MR) is 52.6 cm³/mol. The van der Waals surface area contributed by atoms with Crippen LogP contribution in [0.25, 0.3) is 0 Å². The molecule has 0 aliphatic rings. The fourth-order valence-corrected chi connectivity index (χ4v) is 1.04. The molecule has 0 bridgehead atoms. The number of nitrogens with one attached hydrogen (secondary N) is 1. The second-order valence-electron chi connectivity index (χ2n) is 2.35. The highest BCUT2D eigenvalue weighted by atomic mass is 35.5. The Kier molecular flexibility index (Phi) is 3.30. The van der Waals surface area contributed by atoms with Gasteiger partial charge in [0, 0.05) is 6.54 Å². The maximum absolute atomic E-state index is 8.63. The number of anilines is 1. The Bertz CT molecular complexity index is 354. The summed E-state index contributed by atoms with van der Waals surface area (Å²) in [5.74, 6) is 0.587. The van der Waals surface area contributed by atoms with Gasteiger partial charge in [0.2, 0.25) is 0 Å². The van der Waals surface area contributed by atoms with Crippen LogP contribution in [0.5, 0.6) is 0 Å². The highest BCUT2D eigenvalue weighted by Crippen LogP contribution is 2.13. The van der Waals surface area contributed by atoms with Crippen LogP contribution in [0.3, 0.4) is 0 Å². The highest BCUT2D eigenvalue weighted by Gasteiger charge is 1.98. The third kappa shape index (κ3) is 2.77. The molecular weight excluding hydrogens is 186 g/mol. The van der Waals surface area contributed by atoms with Gasteiger partial charge < -0.3 is 5.32 Å². The molecule has 0 aliphatic heterocycles. The van der Waals surface area contributed by atoms with E-state index in [0.717, 1.165) is 0 Å². The summed E-state index contributed by atoms with van der Waals surface area (Å²) in [7, 11) is 0. The maximum atomic E-state index is 8.63. The number of rotatable bonds is 3. The summed E-state index contributed by atoms with van der Waals surface area (Å²) in [6.07, 6.45) is 1.70. The molecule has 0 aromatic carbocycles. The van der Waals surface area contributed by atoms with Crippen LogP contribution in [0.4, 0.5) is 5.82 Å². The number of hydrogen-bond acceptors (Lipinski definition) is 3. The molecule has 66 valence electrons. The topological polar surface area (TPSA) is 48.7 Å². The lowest BCUT2D eigenvalue weighted by Crippen LogP contribution is -2.00. The lowest BCUT2D eigenvalue weighted by molar-refractivity contribution is 1.22. The van der Waals surface area contributed by atoms with E-state index in [1.807, 2.05) is 6.07 Å². The minimum absolute atomic E-state index is 0.311. The molecule has 1 N–H and O–H groups in total. The van der Waals surface area contributed by atoms with Crippen molar-refractivity contribution in [2.45, 2.75) is 0 Å². The Morgan fingerprint density at radius 1 is 1.69 bits per heavy atom. The molecule has 0 spiro atoms. The first-order valence-electron chi connectivity index (χ1n) is 3.68. The first kappa shape index (κ1) is 9.56. The maximum Gasteiger partial charge on any atom is 0.132 e. The van der Waals surface area contributed by atoms with Gasteiger partial charge in [-0.3, -0.25) is 0 Å². The zero-order valence-electron chi connectivity index (χ0n) is 6.92. The van der Waals surface area contributed by atoms with Crippen molar-refractivity contribution in [3.8, 4) is 6.07 Å². The van der Waals surface area contributed by atoms with Crippen molar-refractivity contribution in [2.75, 3.05) is 11.9 Å². The number of halogens is 1. The van der Waals surface area contributed by atoms with Gasteiger partial charge in [-0.2, -0.15) is 5.26 Å². The van der Waals surface area contributed by atoms with Crippen LogP contribution < -0.4 is 5.32 Å². The van der Waals surface area contributed by atoms with Crippen LogP contribution in [0.1, 0.15) is 5.56 Å². The van der Waals surface area contributed by atoms with Crippen LogP contribution in [0.2, 0.25) is 5.15 Å². The van der Waals surface area contributed by atoms with E-state index in [4.69, 9.17) is 16.9 Å². The van der Waals surface area contributed by atoms with Crippen molar-refractivity contribution in [1.82, 2.24) is 4.98 Å². The number of hydrogen-bond donors (Lipinski definition) is 1. The van der Waals surface area contributed by atoms with E-state index in [2.05, 4.69) is 16.9 Å². The molecular formula is C9H8ClN3. The van der Waals surface area contributed by atoms with E-state index < -0.39 is 0 Å². The van der Waals surface area contributed by atoms with E-state index in [1.165, 1.54) is 6.07 Å². The smallest absolute Gasteiger partial charge is 0.132 e. The van der Waals surface area contributed by atoms with Gasteiger partial charge in [0.15, 0.2) is 0 Å². The first-order chi connectivity index (χ1) is 6.26. The Labute approximate surface area is 81.7 Å². The van der Waals surface area contributed by atoms with Crippen LogP contribution in [0.15, 0.2) is 24.8 Å². The van der Waals surface area contributed by atoms with Crippen LogP contribution in [-0.4, -0.2) is 11.5 Å². The second kappa shape index (κ2) is 4.48. The molecule has 0 amide bonds. The third-order valence-corrected chi connectivity index (χ3v) is 1.54. The molecule has 13 heavy (non-hydrogen) atoms. The zero-order valence-corrected chi connectivity index (χ0v) is 7.67. The summed E-state index contributed by atoms with van der Waals surface area (Å²) >= 11 is 5.68. The van der Waals surface area contributed by atoms with Crippen molar-refractivity contribution in [3.63, 3.8) is 0 Å². The lowest BCUT2D eigenvalue weighted by atomic mass is 10.3. The molecule has 1 rings (SSSR count). The largest absolute Gasteiger partial charge is 0.367 e. The van der Waals surface area contributed by atoms with Crippen LogP contribution >= 0.6 is 11.6 Å². The number of nitrogens with zero attached hydrogens (tertiary/aromatic N) is 2. The number of nitriles is 1. The van der Waals surface area contributed by atoms with Gasteiger partial charge in [-0.15, -0.1) is 6.58 Å². The Morgan fingerprint density at radius 3 is 3.08 bits per heavy atom. The van der Waals surface area contributed by atoms with E-state index in [-0.39, 0.29) is 0 Å². The predicted octanol–water partition coefficient (Wildman–Crippen LogP) is 2.20. The third-order valence-electron chi connectivity index (χ3n) is 1.35. The summed E-state index contributed by atoms with van der Waals surface area (Å²) in [6.45, 7) is 4.15. The first-order valence-corrected chi connectivity index (χ1v) is 4.06. The highest BCUT2D eigenvalue weighted by molar-refractivity contribution is 6.29. The molecule has 0 fully saturated rings. The average molecular weight is 194 g/mol. The van der Waals surface area contributed by atoms with Gasteiger partial charge in [-0.1, -0.05) is 17.7 Å². The summed E-state index contributed by atoms with van der Waals surface area (Å²) in [5.41, 5.74) is 0.492. The zero-order chi connectivity index (χ0) is 9.68. The molecule has 0 aliphatic carbocycles. The minimum atomic E-state index is 0.311. The van der Waals surface area contributed by atoms with Crippen LogP contribution in [-0.2, 0) is 0 Å². The fourth-order valence-electron chi connectivity index (χ4n) is 0.829. The van der Waals surface area contributed by atoms with E-state index in [1.54, 1.807) is 12.1 Å². The quantitative estimate of drug-likeness (QED) is 0.592. The monoisotopic (exact) mass is 193 g/mol.